The highest BCUT2D eigenvalue weighted by molar-refractivity contribution is 7.92. The first-order valence-electron chi connectivity index (χ1n) is 9.09. The van der Waals surface area contributed by atoms with Gasteiger partial charge < -0.3 is 14.1 Å². The van der Waals surface area contributed by atoms with Crippen molar-refractivity contribution >= 4 is 28.0 Å². The Balaban J connectivity index is 1.49. The van der Waals surface area contributed by atoms with E-state index in [0.717, 1.165) is 5.56 Å². The number of aryl methyl sites for hydroxylation is 1. The molecule has 0 unspecified atom stereocenters. The number of sulfonamides is 1. The molecule has 1 aromatic carbocycles. The number of carbonyl (C=O) groups is 2. The minimum absolute atomic E-state index is 0.183. The molecule has 1 saturated heterocycles. The molecule has 0 atom stereocenters. The number of piperazine rings is 1. The molecule has 0 bridgehead atoms. The third-order valence-corrected chi connectivity index (χ3v) is 6.15. The number of hydrogen-bond donors (Lipinski definition) is 0. The van der Waals surface area contributed by atoms with Gasteiger partial charge in [0.2, 0.25) is 10.0 Å². The maximum Gasteiger partial charge on any atom is 0.342 e. The molecular formula is C20H22N2O6S. The van der Waals surface area contributed by atoms with Crippen molar-refractivity contribution in [1.82, 2.24) is 9.21 Å². The Morgan fingerprint density at radius 1 is 1.10 bits per heavy atom. The van der Waals surface area contributed by atoms with E-state index in [1.54, 1.807) is 13.0 Å². The fourth-order valence-electron chi connectivity index (χ4n) is 2.90. The highest BCUT2D eigenvalue weighted by Gasteiger charge is 2.28. The Kier molecular flexibility index (Phi) is 6.50. The summed E-state index contributed by atoms with van der Waals surface area (Å²) in [5, 5.41) is 1.18. The molecule has 154 valence electrons. The van der Waals surface area contributed by atoms with Crippen LogP contribution in [0.1, 0.15) is 21.7 Å². The first-order chi connectivity index (χ1) is 13.9. The Morgan fingerprint density at radius 3 is 2.41 bits per heavy atom. The second kappa shape index (κ2) is 9.06. The number of nitrogens with zero attached hydrogens (tertiary/aromatic N) is 2. The van der Waals surface area contributed by atoms with Gasteiger partial charge >= 0.3 is 5.97 Å². The van der Waals surface area contributed by atoms with Crippen molar-refractivity contribution in [2.45, 2.75) is 6.92 Å². The van der Waals surface area contributed by atoms with Crippen LogP contribution in [-0.2, 0) is 19.6 Å². The first-order valence-corrected chi connectivity index (χ1v) is 10.6. The average Bonchev–Trinajstić information content (AvgIpc) is 3.17. The van der Waals surface area contributed by atoms with Gasteiger partial charge in [-0.25, -0.2) is 13.2 Å². The van der Waals surface area contributed by atoms with E-state index >= 15 is 0 Å². The number of benzene rings is 1. The Morgan fingerprint density at radius 2 is 1.79 bits per heavy atom. The molecule has 1 fully saturated rings. The van der Waals surface area contributed by atoms with E-state index in [2.05, 4.69) is 0 Å². The quantitative estimate of drug-likeness (QED) is 0.665. The van der Waals surface area contributed by atoms with Crippen LogP contribution in [0, 0.1) is 6.92 Å². The van der Waals surface area contributed by atoms with E-state index in [0.29, 0.717) is 5.76 Å². The smallest absolute Gasteiger partial charge is 0.342 e. The zero-order valence-corrected chi connectivity index (χ0v) is 16.8. The Hall–Kier alpha value is -2.91. The number of carbonyl (C=O) groups excluding carboxylic acids is 2. The topological polar surface area (TPSA) is 97.1 Å². The first kappa shape index (κ1) is 20.8. The molecule has 2 heterocycles. The predicted octanol–water partition coefficient (Wildman–Crippen LogP) is 1.89. The normalized spacial score (nSPS) is 15.6. The van der Waals surface area contributed by atoms with Crippen molar-refractivity contribution in [2.24, 2.45) is 0 Å². The van der Waals surface area contributed by atoms with E-state index < -0.39 is 22.6 Å². The number of ether oxygens (including phenoxy) is 1. The minimum atomic E-state index is -3.57. The van der Waals surface area contributed by atoms with Crippen molar-refractivity contribution in [3.63, 3.8) is 0 Å². The van der Waals surface area contributed by atoms with E-state index in [1.165, 1.54) is 26.9 Å². The van der Waals surface area contributed by atoms with E-state index in [9.17, 15) is 18.0 Å². The fraction of sp³-hybridized carbons (Fsp3) is 0.300. The lowest BCUT2D eigenvalue weighted by Gasteiger charge is -2.33. The molecule has 0 radical (unpaired) electrons. The van der Waals surface area contributed by atoms with E-state index in [1.807, 2.05) is 30.3 Å². The molecule has 1 aliphatic rings. The molecule has 8 nitrogen and oxygen atoms in total. The standard InChI is InChI=1S/C20H22N2O6S/c1-16-18(7-13-27-16)20(24)28-15-19(23)21-9-11-22(12-10-21)29(25,26)14-8-17-5-3-2-4-6-17/h2-8,13-14H,9-12,15H2,1H3/b14-8+. The van der Waals surface area contributed by atoms with Crippen molar-refractivity contribution in [1.29, 1.82) is 0 Å². The molecule has 0 aliphatic carbocycles. The van der Waals surface area contributed by atoms with Gasteiger partial charge in [0.05, 0.1) is 6.26 Å². The summed E-state index contributed by atoms with van der Waals surface area (Å²) in [7, 11) is -3.57. The molecule has 29 heavy (non-hydrogen) atoms. The molecule has 9 heteroatoms. The van der Waals surface area contributed by atoms with Crippen LogP contribution >= 0.6 is 0 Å². The summed E-state index contributed by atoms with van der Waals surface area (Å²) in [5.74, 6) is -0.571. The largest absolute Gasteiger partial charge is 0.469 e. The maximum atomic E-state index is 12.5. The second-order valence-electron chi connectivity index (χ2n) is 6.50. The lowest BCUT2D eigenvalue weighted by atomic mass is 10.2. The molecule has 2 aromatic rings. The van der Waals surface area contributed by atoms with Crippen molar-refractivity contribution in [3.05, 3.63) is 65.0 Å². The molecule has 0 saturated carbocycles. The lowest BCUT2D eigenvalue weighted by Crippen LogP contribution is -2.51. The van der Waals surface area contributed by atoms with Crippen LogP contribution in [0.25, 0.3) is 6.08 Å². The summed E-state index contributed by atoms with van der Waals surface area (Å²) in [5.41, 5.74) is 1.07. The van der Waals surface area contributed by atoms with Gasteiger partial charge in [-0.2, -0.15) is 4.31 Å². The SMILES string of the molecule is Cc1occc1C(=O)OCC(=O)N1CCN(S(=O)(=O)/C=C/c2ccccc2)CC1. The van der Waals surface area contributed by atoms with Gasteiger partial charge in [0.15, 0.2) is 6.61 Å². The summed E-state index contributed by atoms with van der Waals surface area (Å²) in [6.45, 7) is 2.07. The number of rotatable bonds is 6. The molecule has 1 amide bonds. The number of amides is 1. The van der Waals surface area contributed by atoms with Crippen LogP contribution in [0.4, 0.5) is 0 Å². The van der Waals surface area contributed by atoms with Crippen molar-refractivity contribution in [2.75, 3.05) is 32.8 Å². The average molecular weight is 418 g/mol. The predicted molar refractivity (Wildman–Crippen MR) is 106 cm³/mol. The summed E-state index contributed by atoms with van der Waals surface area (Å²) in [6.07, 6.45) is 2.92. The molecule has 3 rings (SSSR count). The van der Waals surface area contributed by atoms with Crippen LogP contribution in [0.5, 0.6) is 0 Å². The fourth-order valence-corrected chi connectivity index (χ4v) is 4.07. The minimum Gasteiger partial charge on any atom is -0.469 e. The Labute approximate surface area is 169 Å². The van der Waals surface area contributed by atoms with Crippen LogP contribution < -0.4 is 0 Å². The van der Waals surface area contributed by atoms with Crippen LogP contribution in [0.3, 0.4) is 0 Å². The van der Waals surface area contributed by atoms with E-state index in [-0.39, 0.29) is 37.6 Å². The third-order valence-electron chi connectivity index (χ3n) is 4.59. The molecular weight excluding hydrogens is 396 g/mol. The van der Waals surface area contributed by atoms with Crippen LogP contribution in [0.2, 0.25) is 0 Å². The molecule has 0 spiro atoms. The molecule has 1 aliphatic heterocycles. The number of hydrogen-bond acceptors (Lipinski definition) is 6. The third kappa shape index (κ3) is 5.33. The van der Waals surface area contributed by atoms with Crippen molar-refractivity contribution in [3.8, 4) is 0 Å². The lowest BCUT2D eigenvalue weighted by molar-refractivity contribution is -0.135. The zero-order valence-electron chi connectivity index (χ0n) is 16.0. The molecule has 0 N–H and O–H groups in total. The van der Waals surface area contributed by atoms with Gasteiger partial charge in [0.1, 0.15) is 11.3 Å². The number of esters is 1. The van der Waals surface area contributed by atoms with Crippen LogP contribution in [-0.4, -0.2) is 62.3 Å². The molecule has 1 aromatic heterocycles. The second-order valence-corrected chi connectivity index (χ2v) is 8.32. The maximum absolute atomic E-state index is 12.5. The van der Waals surface area contributed by atoms with Gasteiger partial charge in [-0.1, -0.05) is 30.3 Å². The van der Waals surface area contributed by atoms with Gasteiger partial charge in [-0.05, 0) is 24.6 Å². The summed E-state index contributed by atoms with van der Waals surface area (Å²) in [6, 6.07) is 10.6. The van der Waals surface area contributed by atoms with Crippen molar-refractivity contribution < 1.29 is 27.2 Å². The van der Waals surface area contributed by atoms with E-state index in [4.69, 9.17) is 9.15 Å². The van der Waals surface area contributed by atoms with Gasteiger partial charge in [-0.15, -0.1) is 0 Å². The monoisotopic (exact) mass is 418 g/mol. The number of furan rings is 1. The van der Waals surface area contributed by atoms with Gasteiger partial charge in [0, 0.05) is 31.6 Å². The van der Waals surface area contributed by atoms with Crippen LogP contribution in [0.15, 0.2) is 52.5 Å². The zero-order chi connectivity index (χ0) is 20.9. The van der Waals surface area contributed by atoms with Gasteiger partial charge in [0.25, 0.3) is 5.91 Å². The highest BCUT2D eigenvalue weighted by atomic mass is 32.2. The highest BCUT2D eigenvalue weighted by Crippen LogP contribution is 2.13. The summed E-state index contributed by atoms with van der Waals surface area (Å²) in [4.78, 5) is 25.7. The summed E-state index contributed by atoms with van der Waals surface area (Å²) >= 11 is 0. The summed E-state index contributed by atoms with van der Waals surface area (Å²) < 4.78 is 36.3. The van der Waals surface area contributed by atoms with Gasteiger partial charge in [-0.3, -0.25) is 4.79 Å². The Bertz CT molecular complexity index is 989.